The molecule has 178 valence electrons. The summed E-state index contributed by atoms with van der Waals surface area (Å²) in [6, 6.07) is 24.1. The largest absolute Gasteiger partial charge is 0.335 e. The van der Waals surface area contributed by atoms with E-state index in [9.17, 15) is 14.4 Å². The number of benzene rings is 4. The molecule has 1 fully saturated rings. The average molecular weight is 495 g/mol. The maximum atomic E-state index is 13.6. The van der Waals surface area contributed by atoms with Gasteiger partial charge in [-0.05, 0) is 77.1 Å². The summed E-state index contributed by atoms with van der Waals surface area (Å²) in [5.41, 5.74) is 4.57. The fourth-order valence-corrected chi connectivity index (χ4v) is 4.70. The van der Waals surface area contributed by atoms with Crippen LogP contribution in [-0.4, -0.2) is 17.8 Å². The van der Waals surface area contributed by atoms with Gasteiger partial charge >= 0.3 is 6.03 Å². The number of anilines is 1. The van der Waals surface area contributed by atoms with Crippen LogP contribution < -0.4 is 10.2 Å². The number of nitrogens with zero attached hydrogens (tertiary/aromatic N) is 1. The molecular formula is C30H23ClN2O3. The molecule has 1 aliphatic rings. The Morgan fingerprint density at radius 2 is 1.61 bits per heavy atom. The minimum atomic E-state index is -0.759. The van der Waals surface area contributed by atoms with Gasteiger partial charge in [0.05, 0.1) is 5.69 Å². The smallest absolute Gasteiger partial charge is 0.273 e. The van der Waals surface area contributed by atoms with Crippen molar-refractivity contribution >= 4 is 52.0 Å². The summed E-state index contributed by atoms with van der Waals surface area (Å²) < 4.78 is 0. The van der Waals surface area contributed by atoms with Gasteiger partial charge in [-0.25, -0.2) is 9.69 Å². The van der Waals surface area contributed by atoms with Gasteiger partial charge in [-0.15, -0.1) is 0 Å². The highest BCUT2D eigenvalue weighted by atomic mass is 35.5. The zero-order chi connectivity index (χ0) is 25.4. The van der Waals surface area contributed by atoms with Crippen LogP contribution in [0.25, 0.3) is 16.8 Å². The molecule has 0 bridgehead atoms. The Balaban J connectivity index is 1.67. The molecule has 1 N–H and O–H groups in total. The van der Waals surface area contributed by atoms with Crippen LogP contribution in [0.5, 0.6) is 0 Å². The molecule has 5 rings (SSSR count). The van der Waals surface area contributed by atoms with Crippen LogP contribution >= 0.6 is 11.6 Å². The number of hydrogen-bond donors (Lipinski definition) is 1. The van der Waals surface area contributed by atoms with Crippen LogP contribution in [0.15, 0.2) is 84.4 Å². The summed E-state index contributed by atoms with van der Waals surface area (Å²) in [5, 5.41) is 4.85. The van der Waals surface area contributed by atoms with E-state index in [-0.39, 0.29) is 5.57 Å². The van der Waals surface area contributed by atoms with Gasteiger partial charge in [0.1, 0.15) is 5.57 Å². The highest BCUT2D eigenvalue weighted by Crippen LogP contribution is 2.31. The number of halogens is 1. The van der Waals surface area contributed by atoms with Gasteiger partial charge < -0.3 is 0 Å². The number of carbonyl (C=O) groups excluding carboxylic acids is 3. The molecule has 0 radical (unpaired) electrons. The van der Waals surface area contributed by atoms with Crippen molar-refractivity contribution in [1.29, 1.82) is 0 Å². The lowest BCUT2D eigenvalue weighted by atomic mass is 9.92. The standard InChI is InChI=1S/C30H23ClN2O3/c1-18-11-12-19(2)27(15-18)33-29(35)25(28(34)32-30(33)36)17-24-21(16-22-8-4-6-10-26(22)31)14-13-20-7-3-5-9-23(20)24/h3-15,17H,16H2,1-2H3,(H,32,34,36)/b25-17+. The number of fused-ring (bicyclic) bond motifs is 1. The number of aryl methyl sites for hydroxylation is 2. The fourth-order valence-electron chi connectivity index (χ4n) is 4.49. The zero-order valence-electron chi connectivity index (χ0n) is 19.8. The summed E-state index contributed by atoms with van der Waals surface area (Å²) >= 11 is 6.44. The van der Waals surface area contributed by atoms with Crippen molar-refractivity contribution in [3.63, 3.8) is 0 Å². The van der Waals surface area contributed by atoms with Crippen LogP contribution in [0, 0.1) is 13.8 Å². The Hall–Kier alpha value is -4.22. The Morgan fingerprint density at radius 1 is 0.861 bits per heavy atom. The molecule has 6 heteroatoms. The van der Waals surface area contributed by atoms with E-state index in [4.69, 9.17) is 11.6 Å². The van der Waals surface area contributed by atoms with Crippen molar-refractivity contribution in [3.8, 4) is 0 Å². The van der Waals surface area contributed by atoms with Gasteiger partial charge in [0.2, 0.25) is 0 Å². The van der Waals surface area contributed by atoms with Gasteiger partial charge in [-0.1, -0.05) is 78.3 Å². The van der Waals surface area contributed by atoms with Crippen molar-refractivity contribution < 1.29 is 14.4 Å². The van der Waals surface area contributed by atoms with Crippen molar-refractivity contribution in [3.05, 3.63) is 117 Å². The van der Waals surface area contributed by atoms with E-state index in [0.29, 0.717) is 17.1 Å². The second-order valence-corrected chi connectivity index (χ2v) is 9.28. The topological polar surface area (TPSA) is 66.5 Å². The molecular weight excluding hydrogens is 472 g/mol. The number of barbiturate groups is 1. The number of rotatable bonds is 4. The molecule has 36 heavy (non-hydrogen) atoms. The van der Waals surface area contributed by atoms with E-state index in [0.717, 1.165) is 43.5 Å². The third-order valence-corrected chi connectivity index (χ3v) is 6.76. The Bertz CT molecular complexity index is 1590. The summed E-state index contributed by atoms with van der Waals surface area (Å²) in [4.78, 5) is 40.4. The van der Waals surface area contributed by atoms with E-state index in [2.05, 4.69) is 5.32 Å². The zero-order valence-corrected chi connectivity index (χ0v) is 20.6. The van der Waals surface area contributed by atoms with Crippen LogP contribution in [0.3, 0.4) is 0 Å². The van der Waals surface area contributed by atoms with Crippen LogP contribution in [-0.2, 0) is 16.0 Å². The first kappa shape index (κ1) is 23.5. The number of imide groups is 2. The fraction of sp³-hybridized carbons (Fsp3) is 0.100. The van der Waals surface area contributed by atoms with Crippen LogP contribution in [0.1, 0.15) is 27.8 Å². The molecule has 4 aromatic rings. The second-order valence-electron chi connectivity index (χ2n) is 8.88. The van der Waals surface area contributed by atoms with Gasteiger partial charge in [-0.3, -0.25) is 14.9 Å². The van der Waals surface area contributed by atoms with Gasteiger partial charge in [0.25, 0.3) is 11.8 Å². The molecule has 0 spiro atoms. The summed E-state index contributed by atoms with van der Waals surface area (Å²) in [7, 11) is 0. The molecule has 0 unspecified atom stereocenters. The molecule has 5 nitrogen and oxygen atoms in total. The van der Waals surface area contributed by atoms with Crippen molar-refractivity contribution in [2.45, 2.75) is 20.3 Å². The van der Waals surface area contributed by atoms with Gasteiger partial charge in [-0.2, -0.15) is 0 Å². The molecule has 0 aromatic heterocycles. The van der Waals surface area contributed by atoms with Crippen LogP contribution in [0.4, 0.5) is 10.5 Å². The van der Waals surface area contributed by atoms with Crippen molar-refractivity contribution in [2.75, 3.05) is 4.90 Å². The summed E-state index contributed by atoms with van der Waals surface area (Å²) in [6.45, 7) is 3.70. The lowest BCUT2D eigenvalue weighted by Gasteiger charge is -2.28. The maximum absolute atomic E-state index is 13.6. The highest BCUT2D eigenvalue weighted by molar-refractivity contribution is 6.39. The lowest BCUT2D eigenvalue weighted by molar-refractivity contribution is -0.122. The first-order valence-electron chi connectivity index (χ1n) is 11.6. The minimum Gasteiger partial charge on any atom is -0.273 e. The molecule has 4 amide bonds. The highest BCUT2D eigenvalue weighted by Gasteiger charge is 2.37. The summed E-state index contributed by atoms with van der Waals surface area (Å²) in [6.07, 6.45) is 2.11. The molecule has 1 heterocycles. The Labute approximate surface area is 214 Å². The second kappa shape index (κ2) is 9.44. The van der Waals surface area contributed by atoms with E-state index in [1.54, 1.807) is 12.1 Å². The summed E-state index contributed by atoms with van der Waals surface area (Å²) in [5.74, 6) is -1.38. The first-order valence-corrected chi connectivity index (χ1v) is 11.9. The minimum absolute atomic E-state index is 0.104. The van der Waals surface area contributed by atoms with Crippen LogP contribution in [0.2, 0.25) is 5.02 Å². The molecule has 1 saturated heterocycles. The van der Waals surface area contributed by atoms with E-state index in [1.165, 1.54) is 0 Å². The molecule has 0 saturated carbocycles. The maximum Gasteiger partial charge on any atom is 0.335 e. The lowest BCUT2D eigenvalue weighted by Crippen LogP contribution is -2.54. The molecule has 0 aliphatic carbocycles. The Morgan fingerprint density at radius 3 is 2.42 bits per heavy atom. The first-order chi connectivity index (χ1) is 17.3. The number of hydrogen-bond acceptors (Lipinski definition) is 3. The Kier molecular flexibility index (Phi) is 6.17. The van der Waals surface area contributed by atoms with Gasteiger partial charge in [0, 0.05) is 5.02 Å². The molecule has 1 aliphatic heterocycles. The predicted octanol–water partition coefficient (Wildman–Crippen LogP) is 6.37. The van der Waals surface area contributed by atoms with E-state index >= 15 is 0 Å². The van der Waals surface area contributed by atoms with Crippen molar-refractivity contribution in [2.24, 2.45) is 0 Å². The predicted molar refractivity (Wildman–Crippen MR) is 143 cm³/mol. The number of carbonyl (C=O) groups is 3. The number of amides is 4. The van der Waals surface area contributed by atoms with Crippen molar-refractivity contribution in [1.82, 2.24) is 5.32 Å². The average Bonchev–Trinajstić information content (AvgIpc) is 2.86. The quantitative estimate of drug-likeness (QED) is 0.265. The normalized spacial score (nSPS) is 15.0. The third-order valence-electron chi connectivity index (χ3n) is 6.40. The molecule has 0 atom stereocenters. The SMILES string of the molecule is Cc1ccc(C)c(N2C(=O)NC(=O)/C(=C\c3c(Cc4ccccc4Cl)ccc4ccccc34)C2=O)c1. The number of urea groups is 1. The monoisotopic (exact) mass is 494 g/mol. The van der Waals surface area contributed by atoms with E-state index in [1.807, 2.05) is 86.6 Å². The van der Waals surface area contributed by atoms with E-state index < -0.39 is 17.8 Å². The van der Waals surface area contributed by atoms with Gasteiger partial charge in [0.15, 0.2) is 0 Å². The third kappa shape index (κ3) is 4.30. The molecule has 4 aromatic carbocycles. The number of nitrogens with one attached hydrogen (secondary N) is 1.